The van der Waals surface area contributed by atoms with Crippen molar-refractivity contribution in [2.75, 3.05) is 5.32 Å². The van der Waals surface area contributed by atoms with Gasteiger partial charge in [0.05, 0.1) is 22.5 Å². The van der Waals surface area contributed by atoms with Crippen LogP contribution in [0.3, 0.4) is 0 Å². The first-order chi connectivity index (χ1) is 8.70. The van der Waals surface area contributed by atoms with Gasteiger partial charge in [0.2, 0.25) is 0 Å². The Labute approximate surface area is 113 Å². The number of fused-ring (bicyclic) bond motifs is 1. The van der Waals surface area contributed by atoms with Crippen molar-refractivity contribution in [2.45, 2.75) is 6.54 Å². The van der Waals surface area contributed by atoms with Gasteiger partial charge in [0, 0.05) is 18.3 Å². The third-order valence-corrected chi connectivity index (χ3v) is 3.77. The molecule has 0 saturated carbocycles. The van der Waals surface area contributed by atoms with E-state index in [-0.39, 0.29) is 0 Å². The second-order valence-corrected chi connectivity index (χ2v) is 5.43. The van der Waals surface area contributed by atoms with Gasteiger partial charge >= 0.3 is 0 Å². The van der Waals surface area contributed by atoms with Crippen LogP contribution in [0.15, 0.2) is 30.5 Å². The average Bonchev–Trinajstić information content (AvgIpc) is 2.92. The summed E-state index contributed by atoms with van der Waals surface area (Å²) in [6.07, 6.45) is 1.93. The summed E-state index contributed by atoms with van der Waals surface area (Å²) in [7, 11) is 1.91. The molecule has 3 rings (SSSR count). The first-order valence-electron chi connectivity index (χ1n) is 5.49. The number of benzene rings is 1. The van der Waals surface area contributed by atoms with Crippen molar-refractivity contribution in [1.29, 1.82) is 0 Å². The molecule has 0 spiro atoms. The predicted molar refractivity (Wildman–Crippen MR) is 75.2 cm³/mol. The van der Waals surface area contributed by atoms with Crippen LogP contribution in [0.2, 0.25) is 5.02 Å². The summed E-state index contributed by atoms with van der Waals surface area (Å²) in [6.45, 7) is 0.675. The van der Waals surface area contributed by atoms with E-state index in [4.69, 9.17) is 11.6 Å². The maximum atomic E-state index is 5.94. The molecule has 0 saturated heterocycles. The highest BCUT2D eigenvalue weighted by molar-refractivity contribution is 7.22. The molecule has 1 aromatic carbocycles. The number of aromatic nitrogens is 3. The number of thiazole rings is 1. The van der Waals surface area contributed by atoms with Crippen LogP contribution in [-0.2, 0) is 13.6 Å². The second-order valence-electron chi connectivity index (χ2n) is 3.97. The lowest BCUT2D eigenvalue weighted by atomic mass is 10.3. The predicted octanol–water partition coefficient (Wildman–Crippen LogP) is 3.30. The normalized spacial score (nSPS) is 11.0. The minimum absolute atomic E-state index is 0.675. The fraction of sp³-hybridized carbons (Fsp3) is 0.167. The van der Waals surface area contributed by atoms with Gasteiger partial charge in [0.25, 0.3) is 0 Å². The maximum Gasteiger partial charge on any atom is 0.184 e. The number of nitrogens with one attached hydrogen (secondary N) is 1. The SMILES string of the molecule is Cn1ccc(CNc2nc3cc(Cl)ccc3s2)n1. The van der Waals surface area contributed by atoms with Crippen LogP contribution in [0, 0.1) is 0 Å². The summed E-state index contributed by atoms with van der Waals surface area (Å²) < 4.78 is 2.91. The number of anilines is 1. The van der Waals surface area contributed by atoms with E-state index >= 15 is 0 Å². The van der Waals surface area contributed by atoms with Crippen LogP contribution in [-0.4, -0.2) is 14.8 Å². The molecule has 0 aliphatic rings. The molecule has 0 unspecified atom stereocenters. The molecule has 4 nitrogen and oxygen atoms in total. The van der Waals surface area contributed by atoms with Crippen molar-refractivity contribution in [3.8, 4) is 0 Å². The van der Waals surface area contributed by atoms with Crippen molar-refractivity contribution in [3.05, 3.63) is 41.2 Å². The van der Waals surface area contributed by atoms with Gasteiger partial charge in [-0.25, -0.2) is 4.98 Å². The van der Waals surface area contributed by atoms with Gasteiger partial charge in [-0.15, -0.1) is 0 Å². The van der Waals surface area contributed by atoms with Gasteiger partial charge in [0.15, 0.2) is 5.13 Å². The molecule has 0 amide bonds. The number of hydrogen-bond acceptors (Lipinski definition) is 4. The molecule has 18 heavy (non-hydrogen) atoms. The van der Waals surface area contributed by atoms with Crippen LogP contribution in [0.4, 0.5) is 5.13 Å². The molecule has 6 heteroatoms. The molecular formula is C12H11ClN4S. The molecule has 92 valence electrons. The number of halogens is 1. The van der Waals surface area contributed by atoms with Crippen LogP contribution >= 0.6 is 22.9 Å². The monoisotopic (exact) mass is 278 g/mol. The molecule has 1 N–H and O–H groups in total. The van der Waals surface area contributed by atoms with Gasteiger partial charge in [0.1, 0.15) is 0 Å². The molecular weight excluding hydrogens is 268 g/mol. The largest absolute Gasteiger partial charge is 0.356 e. The molecule has 0 bridgehead atoms. The average molecular weight is 279 g/mol. The van der Waals surface area contributed by atoms with Crippen LogP contribution in [0.1, 0.15) is 5.69 Å². The van der Waals surface area contributed by atoms with Crippen molar-refractivity contribution in [2.24, 2.45) is 7.05 Å². The number of rotatable bonds is 3. The topological polar surface area (TPSA) is 42.7 Å². The van der Waals surface area contributed by atoms with Crippen molar-refractivity contribution >= 4 is 38.3 Å². The Morgan fingerprint density at radius 3 is 3.06 bits per heavy atom. The minimum atomic E-state index is 0.675. The van der Waals surface area contributed by atoms with Crippen LogP contribution in [0.5, 0.6) is 0 Å². The van der Waals surface area contributed by atoms with Gasteiger partial charge in [-0.1, -0.05) is 22.9 Å². The second kappa shape index (κ2) is 4.59. The van der Waals surface area contributed by atoms with E-state index in [0.29, 0.717) is 11.6 Å². The Kier molecular flexibility index (Phi) is 2.93. The molecule has 2 heterocycles. The highest BCUT2D eigenvalue weighted by atomic mass is 35.5. The number of aryl methyl sites for hydroxylation is 1. The summed E-state index contributed by atoms with van der Waals surface area (Å²) in [4.78, 5) is 4.48. The summed E-state index contributed by atoms with van der Waals surface area (Å²) in [6, 6.07) is 7.72. The van der Waals surface area contributed by atoms with E-state index in [0.717, 1.165) is 21.0 Å². The Balaban J connectivity index is 1.78. The highest BCUT2D eigenvalue weighted by Gasteiger charge is 2.04. The van der Waals surface area contributed by atoms with Crippen molar-refractivity contribution < 1.29 is 0 Å². The van der Waals surface area contributed by atoms with Crippen molar-refractivity contribution in [3.63, 3.8) is 0 Å². The summed E-state index contributed by atoms with van der Waals surface area (Å²) in [5.41, 5.74) is 1.92. The zero-order chi connectivity index (χ0) is 12.5. The summed E-state index contributed by atoms with van der Waals surface area (Å²) >= 11 is 7.55. The molecule has 0 aliphatic carbocycles. The maximum absolute atomic E-state index is 5.94. The molecule has 0 atom stereocenters. The first kappa shape index (κ1) is 11.5. The quantitative estimate of drug-likeness (QED) is 0.799. The third-order valence-electron chi connectivity index (χ3n) is 2.54. The fourth-order valence-electron chi connectivity index (χ4n) is 1.70. The van der Waals surface area contributed by atoms with E-state index < -0.39 is 0 Å². The van der Waals surface area contributed by atoms with E-state index in [9.17, 15) is 0 Å². The smallest absolute Gasteiger partial charge is 0.184 e. The highest BCUT2D eigenvalue weighted by Crippen LogP contribution is 2.28. The third kappa shape index (κ3) is 2.32. The van der Waals surface area contributed by atoms with E-state index in [2.05, 4.69) is 15.4 Å². The standard InChI is InChI=1S/C12H11ClN4S/c1-17-5-4-9(16-17)7-14-12-15-10-6-8(13)2-3-11(10)18-12/h2-6H,7H2,1H3,(H,14,15). The van der Waals surface area contributed by atoms with Crippen LogP contribution in [0.25, 0.3) is 10.2 Å². The molecule has 2 aromatic heterocycles. The lowest BCUT2D eigenvalue weighted by Gasteiger charge is -1.97. The summed E-state index contributed by atoms with van der Waals surface area (Å²) in [5.74, 6) is 0. The van der Waals surface area contributed by atoms with Gasteiger partial charge in [-0.3, -0.25) is 4.68 Å². The Morgan fingerprint density at radius 2 is 2.28 bits per heavy atom. The van der Waals surface area contributed by atoms with Gasteiger partial charge in [-0.05, 0) is 24.3 Å². The Morgan fingerprint density at radius 1 is 1.39 bits per heavy atom. The van der Waals surface area contributed by atoms with Gasteiger partial charge in [-0.2, -0.15) is 5.10 Å². The van der Waals surface area contributed by atoms with E-state index in [1.165, 1.54) is 0 Å². The first-order valence-corrected chi connectivity index (χ1v) is 6.69. The zero-order valence-corrected chi connectivity index (χ0v) is 11.3. The van der Waals surface area contributed by atoms with Crippen LogP contribution < -0.4 is 5.32 Å². The van der Waals surface area contributed by atoms with Gasteiger partial charge < -0.3 is 5.32 Å². The molecule has 0 aliphatic heterocycles. The molecule has 0 radical (unpaired) electrons. The van der Waals surface area contributed by atoms with E-state index in [1.54, 1.807) is 16.0 Å². The fourth-order valence-corrected chi connectivity index (χ4v) is 2.71. The zero-order valence-electron chi connectivity index (χ0n) is 9.72. The summed E-state index contributed by atoms with van der Waals surface area (Å²) in [5, 5.41) is 9.17. The van der Waals surface area contributed by atoms with E-state index in [1.807, 2.05) is 37.5 Å². The Hall–Kier alpha value is -1.59. The lowest BCUT2D eigenvalue weighted by molar-refractivity contribution is 0.747. The Bertz CT molecular complexity index is 688. The molecule has 0 fully saturated rings. The number of hydrogen-bond donors (Lipinski definition) is 1. The number of nitrogens with zero attached hydrogens (tertiary/aromatic N) is 3. The van der Waals surface area contributed by atoms with Crippen molar-refractivity contribution in [1.82, 2.24) is 14.8 Å². The lowest BCUT2D eigenvalue weighted by Crippen LogP contribution is -2.00. The minimum Gasteiger partial charge on any atom is -0.356 e. The molecule has 3 aromatic rings.